The fourth-order valence-corrected chi connectivity index (χ4v) is 2.49. The average molecular weight is 252 g/mol. The summed E-state index contributed by atoms with van der Waals surface area (Å²) in [5.41, 5.74) is 1.11. The number of rotatable bonds is 4. The Labute approximate surface area is 106 Å². The van der Waals surface area contributed by atoms with Gasteiger partial charge in [0.15, 0.2) is 8.32 Å². The minimum atomic E-state index is -1.87. The van der Waals surface area contributed by atoms with Crippen molar-refractivity contribution in [3.8, 4) is 0 Å². The van der Waals surface area contributed by atoms with E-state index in [0.29, 0.717) is 6.42 Å². The Morgan fingerprint density at radius 1 is 1.18 bits per heavy atom. The summed E-state index contributed by atoms with van der Waals surface area (Å²) in [6, 6.07) is 9.96. The van der Waals surface area contributed by atoms with Gasteiger partial charge in [-0.15, -0.1) is 0 Å². The van der Waals surface area contributed by atoms with Gasteiger partial charge in [-0.1, -0.05) is 51.1 Å². The Balaban J connectivity index is 2.59. The molecule has 0 radical (unpaired) electrons. The molecule has 1 atom stereocenters. The summed E-state index contributed by atoms with van der Waals surface area (Å²) < 4.78 is 5.90. The predicted molar refractivity (Wildman–Crippen MR) is 74.4 cm³/mol. The van der Waals surface area contributed by atoms with Gasteiger partial charge < -0.3 is 9.53 Å². The van der Waals surface area contributed by atoms with Crippen LogP contribution < -0.4 is 0 Å². The molecule has 0 aliphatic rings. The van der Waals surface area contributed by atoms with E-state index in [1.165, 1.54) is 0 Å². The molecule has 0 aliphatic heterocycles. The predicted octanol–water partition coefficient (Wildman–Crippen LogP) is 3.57. The second-order valence-corrected chi connectivity index (χ2v) is 10.8. The monoisotopic (exact) mass is 252 g/mol. The van der Waals surface area contributed by atoms with E-state index in [1.807, 2.05) is 30.3 Å². The fraction of sp³-hybridized carbons (Fsp3) is 0.571. The molecule has 0 heterocycles. The molecule has 2 nitrogen and oxygen atoms in total. The summed E-state index contributed by atoms with van der Waals surface area (Å²) in [6.07, 6.45) is -0.133. The quantitative estimate of drug-likeness (QED) is 0.656. The lowest BCUT2D eigenvalue weighted by Crippen LogP contribution is -2.44. The van der Waals surface area contributed by atoms with Crippen molar-refractivity contribution in [2.45, 2.75) is 51.6 Å². The van der Waals surface area contributed by atoms with Crippen molar-refractivity contribution in [2.24, 2.45) is 0 Å². The van der Waals surface area contributed by atoms with Crippen LogP contribution in [0.2, 0.25) is 18.1 Å². The number of hydrogen-bond donors (Lipinski definition) is 1. The first kappa shape index (κ1) is 14.4. The number of aliphatic hydroxyl groups excluding tert-OH is 1. The maximum absolute atomic E-state index is 10.0. The number of hydrogen-bond acceptors (Lipinski definition) is 2. The van der Waals surface area contributed by atoms with Crippen LogP contribution in [0.3, 0.4) is 0 Å². The van der Waals surface area contributed by atoms with Gasteiger partial charge in [0, 0.05) is 6.42 Å². The van der Waals surface area contributed by atoms with Gasteiger partial charge in [0.2, 0.25) is 0 Å². The Morgan fingerprint density at radius 3 is 2.18 bits per heavy atom. The van der Waals surface area contributed by atoms with Gasteiger partial charge in [0.1, 0.15) is 6.29 Å². The lowest BCUT2D eigenvalue weighted by Gasteiger charge is -2.37. The molecular formula is C14H24O2Si. The van der Waals surface area contributed by atoms with Crippen LogP contribution in [0.15, 0.2) is 30.3 Å². The van der Waals surface area contributed by atoms with Crippen LogP contribution in [0.5, 0.6) is 0 Å². The van der Waals surface area contributed by atoms with Crippen molar-refractivity contribution in [2.75, 3.05) is 0 Å². The van der Waals surface area contributed by atoms with Crippen molar-refractivity contribution < 1.29 is 9.53 Å². The summed E-state index contributed by atoms with van der Waals surface area (Å²) in [7, 11) is -1.87. The van der Waals surface area contributed by atoms with Gasteiger partial charge in [-0.05, 0) is 23.7 Å². The molecule has 0 saturated heterocycles. The van der Waals surface area contributed by atoms with Gasteiger partial charge in [0.25, 0.3) is 0 Å². The van der Waals surface area contributed by atoms with Gasteiger partial charge in [-0.25, -0.2) is 0 Å². The third kappa shape index (κ3) is 4.26. The molecule has 1 aromatic rings. The maximum Gasteiger partial charge on any atom is 0.195 e. The van der Waals surface area contributed by atoms with Crippen LogP contribution in [-0.4, -0.2) is 19.7 Å². The molecule has 0 aliphatic carbocycles. The number of benzene rings is 1. The molecule has 0 bridgehead atoms. The standard InChI is InChI=1S/C14H24O2Si/c1-14(2,3)17(4,5)16-13(15)11-12-9-7-6-8-10-12/h6-10,13,15H,11H2,1-5H3/t13-/m0/s1. The third-order valence-electron chi connectivity index (χ3n) is 3.49. The molecule has 0 unspecified atom stereocenters. The molecule has 0 saturated carbocycles. The molecule has 3 heteroatoms. The highest BCUT2D eigenvalue weighted by atomic mass is 28.4. The smallest absolute Gasteiger partial charge is 0.195 e. The van der Waals surface area contributed by atoms with Crippen molar-refractivity contribution >= 4 is 8.32 Å². The van der Waals surface area contributed by atoms with Crippen molar-refractivity contribution in [1.29, 1.82) is 0 Å². The van der Waals surface area contributed by atoms with Crippen LogP contribution >= 0.6 is 0 Å². The molecule has 1 rings (SSSR count). The first-order valence-electron chi connectivity index (χ1n) is 6.12. The highest BCUT2D eigenvalue weighted by Crippen LogP contribution is 2.37. The van der Waals surface area contributed by atoms with Gasteiger partial charge in [-0.2, -0.15) is 0 Å². The third-order valence-corrected chi connectivity index (χ3v) is 7.96. The van der Waals surface area contributed by atoms with Crippen LogP contribution in [0, 0.1) is 0 Å². The Kier molecular flexibility index (Phi) is 4.53. The van der Waals surface area contributed by atoms with E-state index in [4.69, 9.17) is 4.43 Å². The van der Waals surface area contributed by atoms with E-state index in [2.05, 4.69) is 33.9 Å². The van der Waals surface area contributed by atoms with E-state index >= 15 is 0 Å². The summed E-state index contributed by atoms with van der Waals surface area (Å²) >= 11 is 0. The molecule has 0 spiro atoms. The molecule has 0 fully saturated rings. The zero-order chi connectivity index (χ0) is 13.1. The first-order valence-corrected chi connectivity index (χ1v) is 9.03. The topological polar surface area (TPSA) is 29.5 Å². The summed E-state index contributed by atoms with van der Waals surface area (Å²) in [5, 5.41) is 10.1. The van der Waals surface area contributed by atoms with Crippen molar-refractivity contribution in [3.05, 3.63) is 35.9 Å². The lowest BCUT2D eigenvalue weighted by molar-refractivity contribution is -0.0267. The molecular weight excluding hydrogens is 228 g/mol. The summed E-state index contributed by atoms with van der Waals surface area (Å²) in [4.78, 5) is 0. The normalized spacial score (nSPS) is 14.7. The molecule has 0 amide bonds. The largest absolute Gasteiger partial charge is 0.392 e. The van der Waals surface area contributed by atoms with Gasteiger partial charge in [0.05, 0.1) is 0 Å². The highest BCUT2D eigenvalue weighted by Gasteiger charge is 2.38. The van der Waals surface area contributed by atoms with Crippen molar-refractivity contribution in [1.82, 2.24) is 0 Å². The van der Waals surface area contributed by atoms with E-state index in [9.17, 15) is 5.11 Å². The second-order valence-electron chi connectivity index (χ2n) is 6.02. The Bertz CT molecular complexity index is 341. The summed E-state index contributed by atoms with van der Waals surface area (Å²) in [6.45, 7) is 10.8. The minimum absolute atomic E-state index is 0.130. The molecule has 0 aromatic heterocycles. The molecule has 17 heavy (non-hydrogen) atoms. The van der Waals surface area contributed by atoms with E-state index in [0.717, 1.165) is 5.56 Å². The SMILES string of the molecule is CC(C)(C)[Si](C)(C)O[C@H](O)Cc1ccccc1. The minimum Gasteiger partial charge on any atom is -0.392 e. The number of aliphatic hydroxyl groups is 1. The van der Waals surface area contributed by atoms with E-state index < -0.39 is 14.6 Å². The first-order chi connectivity index (χ1) is 7.72. The highest BCUT2D eigenvalue weighted by molar-refractivity contribution is 6.74. The van der Waals surface area contributed by atoms with Crippen LogP contribution in [0.1, 0.15) is 26.3 Å². The molecule has 1 N–H and O–H groups in total. The average Bonchev–Trinajstić information content (AvgIpc) is 2.16. The zero-order valence-electron chi connectivity index (χ0n) is 11.5. The van der Waals surface area contributed by atoms with E-state index in [-0.39, 0.29) is 5.04 Å². The van der Waals surface area contributed by atoms with E-state index in [1.54, 1.807) is 0 Å². The lowest BCUT2D eigenvalue weighted by atomic mass is 10.1. The van der Waals surface area contributed by atoms with Gasteiger partial charge in [-0.3, -0.25) is 0 Å². The fourth-order valence-electron chi connectivity index (χ4n) is 1.37. The molecule has 96 valence electrons. The van der Waals surface area contributed by atoms with Crippen molar-refractivity contribution in [3.63, 3.8) is 0 Å². The van der Waals surface area contributed by atoms with Crippen LogP contribution in [0.4, 0.5) is 0 Å². The van der Waals surface area contributed by atoms with Gasteiger partial charge >= 0.3 is 0 Å². The maximum atomic E-state index is 10.0. The Morgan fingerprint density at radius 2 is 1.71 bits per heavy atom. The molecule has 1 aromatic carbocycles. The summed E-state index contributed by atoms with van der Waals surface area (Å²) in [5.74, 6) is 0. The zero-order valence-corrected chi connectivity index (χ0v) is 12.5. The van der Waals surface area contributed by atoms with Crippen LogP contribution in [0.25, 0.3) is 0 Å². The Hall–Kier alpha value is -0.643. The van der Waals surface area contributed by atoms with Crippen LogP contribution in [-0.2, 0) is 10.8 Å². The second kappa shape index (κ2) is 5.34.